The van der Waals surface area contributed by atoms with Gasteiger partial charge in [-0.3, -0.25) is 5.41 Å². The van der Waals surface area contributed by atoms with Gasteiger partial charge in [0.2, 0.25) is 5.16 Å². The Hall–Kier alpha value is -1.41. The number of aryl methyl sites for hydroxylation is 1. The Bertz CT molecular complexity index is 566. The second-order valence-electron chi connectivity index (χ2n) is 3.24. The van der Waals surface area contributed by atoms with Crippen LogP contribution in [0.5, 0.6) is 0 Å². The average molecular weight is 313 g/mol. The van der Waals surface area contributed by atoms with Crippen LogP contribution in [0.4, 0.5) is 0 Å². The summed E-state index contributed by atoms with van der Waals surface area (Å²) in [4.78, 5) is 0.846. The predicted molar refractivity (Wildman–Crippen MR) is 68.1 cm³/mol. The zero-order chi connectivity index (χ0) is 12.4. The number of nitrogens with zero attached hydrogens (tertiary/aromatic N) is 4. The fourth-order valence-electron chi connectivity index (χ4n) is 1.21. The van der Waals surface area contributed by atoms with Crippen LogP contribution in [-0.4, -0.2) is 26.0 Å². The van der Waals surface area contributed by atoms with Crippen LogP contribution in [0.15, 0.2) is 32.7 Å². The molecule has 17 heavy (non-hydrogen) atoms. The van der Waals surface area contributed by atoms with Gasteiger partial charge in [0.1, 0.15) is 5.84 Å². The molecule has 0 aliphatic heterocycles. The molecule has 1 aromatic heterocycles. The number of hydrogen-bond donors (Lipinski definition) is 2. The van der Waals surface area contributed by atoms with Crippen LogP contribution in [-0.2, 0) is 7.05 Å². The van der Waals surface area contributed by atoms with Gasteiger partial charge in [-0.15, -0.1) is 5.10 Å². The van der Waals surface area contributed by atoms with E-state index in [0.717, 1.165) is 9.37 Å². The van der Waals surface area contributed by atoms with Gasteiger partial charge in [0, 0.05) is 22.0 Å². The van der Waals surface area contributed by atoms with Gasteiger partial charge in [-0.05, 0) is 40.4 Å². The molecule has 2 rings (SSSR count). The van der Waals surface area contributed by atoms with Crippen molar-refractivity contribution in [2.75, 3.05) is 0 Å². The number of nitrogens with two attached hydrogens (primary N) is 1. The third kappa shape index (κ3) is 2.64. The lowest BCUT2D eigenvalue weighted by atomic mass is 10.2. The molecular formula is C9H9BrN6S. The molecule has 1 aromatic carbocycles. The van der Waals surface area contributed by atoms with E-state index in [1.807, 2.05) is 12.1 Å². The van der Waals surface area contributed by atoms with E-state index < -0.39 is 0 Å². The van der Waals surface area contributed by atoms with Gasteiger partial charge in [0.15, 0.2) is 0 Å². The maximum absolute atomic E-state index is 7.54. The van der Waals surface area contributed by atoms with Crippen LogP contribution in [0.25, 0.3) is 0 Å². The Balaban J connectivity index is 2.39. The zero-order valence-corrected chi connectivity index (χ0v) is 11.3. The molecule has 0 atom stereocenters. The SMILES string of the molecule is Cn1nnnc1Sc1ccc(Br)cc1C(=N)N. The second kappa shape index (κ2) is 4.84. The van der Waals surface area contributed by atoms with Crippen LogP contribution in [0.1, 0.15) is 5.56 Å². The molecule has 0 bridgehead atoms. The number of aromatic nitrogens is 4. The van der Waals surface area contributed by atoms with Crippen molar-refractivity contribution in [2.24, 2.45) is 12.8 Å². The van der Waals surface area contributed by atoms with E-state index in [0.29, 0.717) is 10.7 Å². The van der Waals surface area contributed by atoms with E-state index in [9.17, 15) is 0 Å². The summed E-state index contributed by atoms with van der Waals surface area (Å²) < 4.78 is 2.44. The number of rotatable bonds is 3. The average Bonchev–Trinajstić information content (AvgIpc) is 2.67. The van der Waals surface area contributed by atoms with Crippen LogP contribution >= 0.6 is 27.7 Å². The first kappa shape index (κ1) is 12.1. The fourth-order valence-corrected chi connectivity index (χ4v) is 2.43. The third-order valence-corrected chi connectivity index (χ3v) is 3.61. The molecule has 1 heterocycles. The zero-order valence-electron chi connectivity index (χ0n) is 8.88. The maximum Gasteiger partial charge on any atom is 0.213 e. The van der Waals surface area contributed by atoms with Crippen molar-refractivity contribution in [3.8, 4) is 0 Å². The van der Waals surface area contributed by atoms with Crippen LogP contribution in [0, 0.1) is 5.41 Å². The summed E-state index contributed by atoms with van der Waals surface area (Å²) in [5.41, 5.74) is 6.20. The molecule has 2 aromatic rings. The summed E-state index contributed by atoms with van der Waals surface area (Å²) in [6, 6.07) is 5.56. The Morgan fingerprint density at radius 1 is 1.53 bits per heavy atom. The largest absolute Gasteiger partial charge is 0.384 e. The second-order valence-corrected chi connectivity index (χ2v) is 5.17. The molecule has 6 nitrogen and oxygen atoms in total. The minimum absolute atomic E-state index is 0.0175. The molecule has 0 aliphatic carbocycles. The lowest BCUT2D eigenvalue weighted by Crippen LogP contribution is -2.12. The van der Waals surface area contributed by atoms with Crippen molar-refractivity contribution in [3.05, 3.63) is 28.2 Å². The highest BCUT2D eigenvalue weighted by atomic mass is 79.9. The number of halogens is 1. The van der Waals surface area contributed by atoms with Gasteiger partial charge in [-0.1, -0.05) is 15.9 Å². The van der Waals surface area contributed by atoms with Gasteiger partial charge in [-0.2, -0.15) is 0 Å². The Labute approximate surface area is 110 Å². The third-order valence-electron chi connectivity index (χ3n) is 2.01. The molecule has 0 unspecified atom stereocenters. The van der Waals surface area contributed by atoms with E-state index >= 15 is 0 Å². The summed E-state index contributed by atoms with van der Waals surface area (Å²) in [5.74, 6) is 0.0175. The maximum atomic E-state index is 7.54. The molecule has 3 N–H and O–H groups in total. The van der Waals surface area contributed by atoms with E-state index in [2.05, 4.69) is 31.5 Å². The van der Waals surface area contributed by atoms with Gasteiger partial charge < -0.3 is 5.73 Å². The van der Waals surface area contributed by atoms with Crippen molar-refractivity contribution in [2.45, 2.75) is 10.1 Å². The molecule has 0 saturated carbocycles. The number of nitrogens with one attached hydrogen (secondary N) is 1. The number of hydrogen-bond acceptors (Lipinski definition) is 5. The van der Waals surface area contributed by atoms with Gasteiger partial charge in [0.25, 0.3) is 0 Å². The molecule has 88 valence electrons. The van der Waals surface area contributed by atoms with Gasteiger partial charge in [-0.25, -0.2) is 4.68 Å². The standard InChI is InChI=1S/C9H9BrN6S/c1-16-9(13-14-15-16)17-7-3-2-5(10)4-6(7)8(11)12/h2-4H,1H3,(H3,11,12). The highest BCUT2D eigenvalue weighted by Crippen LogP contribution is 2.29. The topological polar surface area (TPSA) is 93.5 Å². The Morgan fingerprint density at radius 3 is 2.88 bits per heavy atom. The molecule has 0 aliphatic rings. The van der Waals surface area contributed by atoms with E-state index in [-0.39, 0.29) is 5.84 Å². The van der Waals surface area contributed by atoms with E-state index in [1.165, 1.54) is 11.8 Å². The lowest BCUT2D eigenvalue weighted by molar-refractivity contribution is 0.664. The molecule has 8 heteroatoms. The quantitative estimate of drug-likeness (QED) is 0.660. The minimum Gasteiger partial charge on any atom is -0.384 e. The van der Waals surface area contributed by atoms with E-state index in [4.69, 9.17) is 11.1 Å². The predicted octanol–water partition coefficient (Wildman–Crippen LogP) is 1.41. The molecular weight excluding hydrogens is 304 g/mol. The van der Waals surface area contributed by atoms with Crippen molar-refractivity contribution < 1.29 is 0 Å². The first-order valence-electron chi connectivity index (χ1n) is 4.62. The smallest absolute Gasteiger partial charge is 0.213 e. The summed E-state index contributed by atoms with van der Waals surface area (Å²) >= 11 is 4.72. The van der Waals surface area contributed by atoms with Gasteiger partial charge in [0.05, 0.1) is 0 Å². The molecule has 0 saturated heterocycles. The molecule has 0 radical (unpaired) electrons. The molecule has 0 spiro atoms. The minimum atomic E-state index is 0.0175. The summed E-state index contributed by atoms with van der Waals surface area (Å²) in [6.07, 6.45) is 0. The number of benzene rings is 1. The lowest BCUT2D eigenvalue weighted by Gasteiger charge is -2.07. The number of nitrogen functional groups attached to an aromatic ring is 1. The highest BCUT2D eigenvalue weighted by Gasteiger charge is 2.11. The van der Waals surface area contributed by atoms with Crippen molar-refractivity contribution in [1.82, 2.24) is 20.2 Å². The molecule has 0 fully saturated rings. The monoisotopic (exact) mass is 312 g/mol. The van der Waals surface area contributed by atoms with Crippen LogP contribution in [0.2, 0.25) is 0 Å². The van der Waals surface area contributed by atoms with Crippen molar-refractivity contribution in [3.63, 3.8) is 0 Å². The summed E-state index contributed by atoms with van der Waals surface area (Å²) in [6.45, 7) is 0. The van der Waals surface area contributed by atoms with Crippen molar-refractivity contribution >= 4 is 33.5 Å². The van der Waals surface area contributed by atoms with E-state index in [1.54, 1.807) is 17.8 Å². The van der Waals surface area contributed by atoms with Crippen LogP contribution in [0.3, 0.4) is 0 Å². The Kier molecular flexibility index (Phi) is 3.43. The van der Waals surface area contributed by atoms with Gasteiger partial charge >= 0.3 is 0 Å². The molecule has 0 amide bonds. The summed E-state index contributed by atoms with van der Waals surface area (Å²) in [7, 11) is 1.76. The first-order chi connectivity index (χ1) is 8.08. The van der Waals surface area contributed by atoms with Crippen molar-refractivity contribution in [1.29, 1.82) is 5.41 Å². The number of tetrazole rings is 1. The van der Waals surface area contributed by atoms with Crippen LogP contribution < -0.4 is 5.73 Å². The highest BCUT2D eigenvalue weighted by molar-refractivity contribution is 9.10. The Morgan fingerprint density at radius 2 is 2.29 bits per heavy atom. The summed E-state index contributed by atoms with van der Waals surface area (Å²) in [5, 5.41) is 19.4. The normalized spacial score (nSPS) is 10.5. The first-order valence-corrected chi connectivity index (χ1v) is 6.23. The fraction of sp³-hybridized carbons (Fsp3) is 0.111. The number of amidine groups is 1.